The third-order valence-electron chi connectivity index (χ3n) is 6.89. The molecule has 9 nitrogen and oxygen atoms in total. The first-order chi connectivity index (χ1) is 14.6. The second-order valence-corrected chi connectivity index (χ2v) is 11.3. The van der Waals surface area contributed by atoms with Gasteiger partial charge in [-0.1, -0.05) is 13.8 Å². The van der Waals surface area contributed by atoms with E-state index >= 15 is 0 Å². The van der Waals surface area contributed by atoms with Crippen molar-refractivity contribution in [2.45, 2.75) is 38.9 Å². The van der Waals surface area contributed by atoms with E-state index in [0.29, 0.717) is 18.7 Å². The zero-order valence-corrected chi connectivity index (χ0v) is 19.6. The van der Waals surface area contributed by atoms with Crippen molar-refractivity contribution in [1.29, 1.82) is 0 Å². The number of aromatic nitrogens is 1. The number of likely N-dealkylation sites (N-methyl/N-ethyl adjacent to an activating group) is 1. The third-order valence-corrected chi connectivity index (χ3v) is 8.06. The minimum atomic E-state index is -3.67. The van der Waals surface area contributed by atoms with Gasteiger partial charge < -0.3 is 14.8 Å². The largest absolute Gasteiger partial charge is 0.353 e. The Balaban J connectivity index is 1.52. The smallest absolute Gasteiger partial charge is 0.270 e. The Labute approximate surface area is 184 Å². The lowest BCUT2D eigenvalue weighted by Crippen LogP contribution is -2.44. The van der Waals surface area contributed by atoms with Crippen molar-refractivity contribution in [1.82, 2.24) is 24.0 Å². The highest BCUT2D eigenvalue weighted by Gasteiger charge is 2.58. The number of hydrogen-bond acceptors (Lipinski definition) is 6. The van der Waals surface area contributed by atoms with Crippen molar-refractivity contribution < 1.29 is 18.0 Å². The summed E-state index contributed by atoms with van der Waals surface area (Å²) >= 11 is 0. The van der Waals surface area contributed by atoms with E-state index in [4.69, 9.17) is 0 Å². The number of fused-ring (bicyclic) bond motifs is 1. The topological polar surface area (TPSA) is 97.0 Å². The van der Waals surface area contributed by atoms with Crippen LogP contribution in [-0.4, -0.2) is 102 Å². The average molecular weight is 452 g/mol. The Kier molecular flexibility index (Phi) is 5.91. The highest BCUT2D eigenvalue weighted by Crippen LogP contribution is 2.41. The first kappa shape index (κ1) is 22.3. The van der Waals surface area contributed by atoms with E-state index in [9.17, 15) is 18.0 Å². The molecule has 0 unspecified atom stereocenters. The first-order valence-corrected chi connectivity index (χ1v) is 12.9. The maximum absolute atomic E-state index is 13.4. The van der Waals surface area contributed by atoms with Crippen LogP contribution in [0, 0.1) is 11.8 Å². The van der Waals surface area contributed by atoms with Crippen LogP contribution in [0.1, 0.15) is 36.5 Å². The molecule has 0 bridgehead atoms. The molecule has 2 amide bonds. The summed E-state index contributed by atoms with van der Waals surface area (Å²) in [6, 6.07) is 2.86. The maximum atomic E-state index is 13.4. The maximum Gasteiger partial charge on any atom is 0.270 e. The molecule has 3 fully saturated rings. The van der Waals surface area contributed by atoms with E-state index in [-0.39, 0.29) is 17.7 Å². The SMILES string of the molecule is CC(C)[C@@H]1C(=O)N(S(C)(=O)=O)[C@@H]2CCN(C(=O)c3ccc(CN4CCN(C)CC4)[nH]3)[C@H]21. The molecule has 3 aliphatic rings. The van der Waals surface area contributed by atoms with Gasteiger partial charge in [0.15, 0.2) is 0 Å². The van der Waals surface area contributed by atoms with Gasteiger partial charge in [0.25, 0.3) is 5.91 Å². The van der Waals surface area contributed by atoms with Crippen LogP contribution in [0.15, 0.2) is 12.1 Å². The normalized spacial score (nSPS) is 28.0. The highest BCUT2D eigenvalue weighted by atomic mass is 32.2. The van der Waals surface area contributed by atoms with E-state index in [0.717, 1.165) is 49.0 Å². The molecule has 3 aliphatic heterocycles. The standard InChI is InChI=1S/C21H33N5O4S/c1-14(2)18-19-17(26(21(18)28)31(4,29)30)7-8-25(19)20(27)16-6-5-15(22-16)13-24-11-9-23(3)10-12-24/h5-6,14,17-19,22H,7-13H2,1-4H3/t17-,18+,19-/m1/s1. The van der Waals surface area contributed by atoms with Gasteiger partial charge in [-0.25, -0.2) is 12.7 Å². The summed E-state index contributed by atoms with van der Waals surface area (Å²) in [4.78, 5) is 36.0. The van der Waals surface area contributed by atoms with Gasteiger partial charge in [0.2, 0.25) is 15.9 Å². The van der Waals surface area contributed by atoms with Crippen molar-refractivity contribution in [3.8, 4) is 0 Å². The fourth-order valence-electron chi connectivity index (χ4n) is 5.33. The number of amides is 2. The van der Waals surface area contributed by atoms with Crippen LogP contribution in [-0.2, 0) is 21.4 Å². The number of H-pyrrole nitrogens is 1. The summed E-state index contributed by atoms with van der Waals surface area (Å²) in [7, 11) is -1.55. The minimum absolute atomic E-state index is 0.0587. The lowest BCUT2D eigenvalue weighted by molar-refractivity contribution is -0.129. The van der Waals surface area contributed by atoms with E-state index in [2.05, 4.69) is 21.8 Å². The fourth-order valence-corrected chi connectivity index (χ4v) is 6.50. The number of piperazine rings is 1. The molecule has 0 saturated carbocycles. The molecule has 3 atom stereocenters. The van der Waals surface area contributed by atoms with Crippen LogP contribution in [0.5, 0.6) is 0 Å². The highest BCUT2D eigenvalue weighted by molar-refractivity contribution is 7.88. The third kappa shape index (κ3) is 4.12. The van der Waals surface area contributed by atoms with Gasteiger partial charge in [-0.3, -0.25) is 14.5 Å². The van der Waals surface area contributed by atoms with Crippen LogP contribution >= 0.6 is 0 Å². The Bertz CT molecular complexity index is 951. The molecule has 0 aliphatic carbocycles. The number of carbonyl (C=O) groups is 2. The molecule has 4 heterocycles. The average Bonchev–Trinajstić information content (AvgIpc) is 3.36. The summed E-state index contributed by atoms with van der Waals surface area (Å²) in [5.74, 6) is -1.11. The van der Waals surface area contributed by atoms with Crippen LogP contribution in [0.2, 0.25) is 0 Å². The number of likely N-dealkylation sites (tertiary alicyclic amines) is 1. The molecule has 31 heavy (non-hydrogen) atoms. The summed E-state index contributed by atoms with van der Waals surface area (Å²) in [6.07, 6.45) is 1.55. The van der Waals surface area contributed by atoms with Gasteiger partial charge in [-0.05, 0) is 31.5 Å². The molecular weight excluding hydrogens is 418 g/mol. The zero-order chi connectivity index (χ0) is 22.5. The molecule has 1 aromatic rings. The number of hydrogen-bond donors (Lipinski definition) is 1. The molecular formula is C21H33N5O4S. The van der Waals surface area contributed by atoms with Crippen molar-refractivity contribution in [3.05, 3.63) is 23.5 Å². The molecule has 1 N–H and O–H groups in total. The molecule has 10 heteroatoms. The first-order valence-electron chi connectivity index (χ1n) is 11.0. The number of nitrogens with one attached hydrogen (secondary N) is 1. The van der Waals surface area contributed by atoms with E-state index < -0.39 is 28.0 Å². The van der Waals surface area contributed by atoms with Crippen molar-refractivity contribution in [3.63, 3.8) is 0 Å². The van der Waals surface area contributed by atoms with Crippen molar-refractivity contribution in [2.75, 3.05) is 46.0 Å². The minimum Gasteiger partial charge on any atom is -0.353 e. The van der Waals surface area contributed by atoms with Crippen LogP contribution < -0.4 is 0 Å². The lowest BCUT2D eigenvalue weighted by Gasteiger charge is -2.32. The second-order valence-electron chi connectivity index (χ2n) is 9.49. The van der Waals surface area contributed by atoms with E-state index in [1.165, 1.54) is 0 Å². The van der Waals surface area contributed by atoms with Crippen LogP contribution in [0.3, 0.4) is 0 Å². The van der Waals surface area contributed by atoms with Gasteiger partial charge in [0.05, 0.1) is 24.3 Å². The Hall–Kier alpha value is -1.91. The van der Waals surface area contributed by atoms with Gasteiger partial charge in [-0.15, -0.1) is 0 Å². The Morgan fingerprint density at radius 1 is 1.16 bits per heavy atom. The lowest BCUT2D eigenvalue weighted by atomic mass is 9.88. The summed E-state index contributed by atoms with van der Waals surface area (Å²) in [6.45, 7) is 9.09. The predicted molar refractivity (Wildman–Crippen MR) is 117 cm³/mol. The van der Waals surface area contributed by atoms with Gasteiger partial charge in [0, 0.05) is 45.0 Å². The Morgan fingerprint density at radius 3 is 2.45 bits per heavy atom. The molecule has 0 spiro atoms. The monoisotopic (exact) mass is 451 g/mol. The fraction of sp³-hybridized carbons (Fsp3) is 0.714. The number of aromatic amines is 1. The van der Waals surface area contributed by atoms with Gasteiger partial charge >= 0.3 is 0 Å². The van der Waals surface area contributed by atoms with Gasteiger partial charge in [-0.2, -0.15) is 0 Å². The zero-order valence-electron chi connectivity index (χ0n) is 18.7. The predicted octanol–water partition coefficient (Wildman–Crippen LogP) is 0.419. The molecule has 1 aromatic heterocycles. The van der Waals surface area contributed by atoms with Crippen molar-refractivity contribution in [2.24, 2.45) is 11.8 Å². The van der Waals surface area contributed by atoms with Crippen molar-refractivity contribution >= 4 is 21.8 Å². The number of sulfonamides is 1. The Morgan fingerprint density at radius 2 is 1.84 bits per heavy atom. The summed E-state index contributed by atoms with van der Waals surface area (Å²) < 4.78 is 25.6. The van der Waals surface area contributed by atoms with Crippen LogP contribution in [0.4, 0.5) is 0 Å². The summed E-state index contributed by atoms with van der Waals surface area (Å²) in [5.41, 5.74) is 1.49. The molecule has 172 valence electrons. The van der Waals surface area contributed by atoms with Gasteiger partial charge in [0.1, 0.15) is 5.69 Å². The number of rotatable bonds is 5. The molecule has 4 rings (SSSR count). The molecule has 0 radical (unpaired) electrons. The summed E-state index contributed by atoms with van der Waals surface area (Å²) in [5, 5.41) is 0. The number of carbonyl (C=O) groups excluding carboxylic acids is 2. The quantitative estimate of drug-likeness (QED) is 0.697. The second kappa shape index (κ2) is 8.22. The molecule has 3 saturated heterocycles. The number of nitrogens with zero attached hydrogens (tertiary/aromatic N) is 4. The van der Waals surface area contributed by atoms with E-state index in [1.807, 2.05) is 19.9 Å². The molecule has 0 aromatic carbocycles. The van der Waals surface area contributed by atoms with Crippen LogP contribution in [0.25, 0.3) is 0 Å². The van der Waals surface area contributed by atoms with E-state index in [1.54, 1.807) is 11.0 Å².